The lowest BCUT2D eigenvalue weighted by Crippen LogP contribution is -2.34. The van der Waals surface area contributed by atoms with Gasteiger partial charge in [0.25, 0.3) is 0 Å². The first-order valence-corrected chi connectivity index (χ1v) is 12.0. The molecular weight excluding hydrogens is 469 g/mol. The lowest BCUT2D eigenvalue weighted by molar-refractivity contribution is -0.138. The van der Waals surface area contributed by atoms with Gasteiger partial charge >= 0.3 is 6.18 Å². The van der Waals surface area contributed by atoms with E-state index in [1.165, 1.54) is 20.3 Å². The molecule has 1 N–H and O–H groups in total. The molecule has 0 radical (unpaired) electrons. The zero-order valence-corrected chi connectivity index (χ0v) is 20.5. The van der Waals surface area contributed by atoms with Crippen LogP contribution in [0.15, 0.2) is 66.7 Å². The number of nitrogens with zero attached hydrogens (tertiary/aromatic N) is 1. The molecule has 0 spiro atoms. The summed E-state index contributed by atoms with van der Waals surface area (Å²) in [6, 6.07) is 18.3. The summed E-state index contributed by atoms with van der Waals surface area (Å²) in [5.41, 5.74) is 1.18. The largest absolute Gasteiger partial charge is 0.493 e. The molecule has 3 aromatic rings. The second-order valence-corrected chi connectivity index (χ2v) is 8.66. The van der Waals surface area contributed by atoms with Crippen LogP contribution in [0, 0.1) is 0 Å². The van der Waals surface area contributed by atoms with Crippen molar-refractivity contribution in [1.82, 2.24) is 10.2 Å². The molecule has 1 fully saturated rings. The molecule has 5 nitrogen and oxygen atoms in total. The minimum atomic E-state index is -4.48. The predicted octanol–water partition coefficient (Wildman–Crippen LogP) is 5.69. The van der Waals surface area contributed by atoms with Crippen LogP contribution in [0.3, 0.4) is 0 Å². The van der Waals surface area contributed by atoms with Crippen LogP contribution in [0.4, 0.5) is 13.2 Å². The first kappa shape index (κ1) is 25.9. The Bertz CT molecular complexity index is 1110. The highest BCUT2D eigenvalue weighted by Crippen LogP contribution is 2.45. The van der Waals surface area contributed by atoms with Crippen LogP contribution in [0.2, 0.25) is 0 Å². The summed E-state index contributed by atoms with van der Waals surface area (Å²) < 4.78 is 59.6. The molecule has 4 rings (SSSR count). The van der Waals surface area contributed by atoms with E-state index in [4.69, 9.17) is 14.2 Å². The van der Waals surface area contributed by atoms with E-state index in [0.29, 0.717) is 49.1 Å². The highest BCUT2D eigenvalue weighted by molar-refractivity contribution is 5.56. The molecule has 0 bridgehead atoms. The van der Waals surface area contributed by atoms with Crippen LogP contribution in [-0.2, 0) is 12.8 Å². The van der Waals surface area contributed by atoms with Crippen molar-refractivity contribution in [3.63, 3.8) is 0 Å². The van der Waals surface area contributed by atoms with Gasteiger partial charge in [0.15, 0.2) is 11.5 Å². The van der Waals surface area contributed by atoms with Crippen LogP contribution >= 0.6 is 0 Å². The van der Waals surface area contributed by atoms with Crippen LogP contribution in [0.25, 0.3) is 0 Å². The molecular formula is C28H31F3N2O3. The van der Waals surface area contributed by atoms with Gasteiger partial charge in [0.2, 0.25) is 5.75 Å². The van der Waals surface area contributed by atoms with Crippen molar-refractivity contribution in [2.24, 2.45) is 0 Å². The molecule has 1 unspecified atom stereocenters. The molecule has 0 amide bonds. The normalized spacial score (nSPS) is 15.7. The lowest BCUT2D eigenvalue weighted by atomic mass is 9.92. The molecule has 0 aromatic heterocycles. The third-order valence-corrected chi connectivity index (χ3v) is 6.33. The van der Waals surface area contributed by atoms with Crippen molar-refractivity contribution in [3.8, 4) is 17.2 Å². The van der Waals surface area contributed by atoms with E-state index < -0.39 is 17.8 Å². The quantitative estimate of drug-likeness (QED) is 0.431. The van der Waals surface area contributed by atoms with Crippen LogP contribution < -0.4 is 19.5 Å². The van der Waals surface area contributed by atoms with Gasteiger partial charge in [-0.2, -0.15) is 13.2 Å². The van der Waals surface area contributed by atoms with Gasteiger partial charge in [-0.1, -0.05) is 48.5 Å². The van der Waals surface area contributed by atoms with Gasteiger partial charge in [0.1, 0.15) is 6.61 Å². The van der Waals surface area contributed by atoms with E-state index in [1.807, 2.05) is 30.3 Å². The zero-order valence-electron chi connectivity index (χ0n) is 20.5. The third-order valence-electron chi connectivity index (χ3n) is 6.33. The van der Waals surface area contributed by atoms with Gasteiger partial charge in [-0.15, -0.1) is 0 Å². The smallest absolute Gasteiger partial charge is 0.416 e. The second kappa shape index (κ2) is 11.7. The number of halogens is 3. The number of methoxy groups -OCH3 is 2. The Morgan fingerprint density at radius 3 is 2.22 bits per heavy atom. The van der Waals surface area contributed by atoms with E-state index in [2.05, 4.69) is 10.2 Å². The summed E-state index contributed by atoms with van der Waals surface area (Å²) in [4.78, 5) is 2.09. The van der Waals surface area contributed by atoms with E-state index in [1.54, 1.807) is 24.3 Å². The Hall–Kier alpha value is -3.23. The highest BCUT2D eigenvalue weighted by atomic mass is 19.4. The molecule has 192 valence electrons. The van der Waals surface area contributed by atoms with Crippen molar-refractivity contribution < 1.29 is 27.4 Å². The van der Waals surface area contributed by atoms with Gasteiger partial charge in [0, 0.05) is 19.6 Å². The number of nitrogens with one attached hydrogen (secondary N) is 1. The maximum absolute atomic E-state index is 14.1. The predicted molar refractivity (Wildman–Crippen MR) is 133 cm³/mol. The van der Waals surface area contributed by atoms with E-state index >= 15 is 0 Å². The van der Waals surface area contributed by atoms with Crippen LogP contribution in [-0.4, -0.2) is 45.3 Å². The highest BCUT2D eigenvalue weighted by Gasteiger charge is 2.37. The number of hydrogen-bond donors (Lipinski definition) is 1. The van der Waals surface area contributed by atoms with Gasteiger partial charge in [0.05, 0.1) is 25.8 Å². The summed E-state index contributed by atoms with van der Waals surface area (Å²) in [6.07, 6.45) is -3.65. The summed E-state index contributed by atoms with van der Waals surface area (Å²) in [5, 5.41) is 3.33. The first-order chi connectivity index (χ1) is 17.4. The zero-order chi connectivity index (χ0) is 25.5. The molecule has 1 saturated heterocycles. The minimum Gasteiger partial charge on any atom is -0.493 e. The van der Waals surface area contributed by atoms with Crippen LogP contribution in [0.5, 0.6) is 17.2 Å². The number of hydrogen-bond acceptors (Lipinski definition) is 5. The molecule has 8 heteroatoms. The van der Waals surface area contributed by atoms with Gasteiger partial charge in [-0.25, -0.2) is 0 Å². The fourth-order valence-corrected chi connectivity index (χ4v) is 4.64. The third kappa shape index (κ3) is 5.94. The Labute approximate surface area is 209 Å². The number of rotatable bonds is 8. The molecule has 1 atom stereocenters. The molecule has 1 heterocycles. The maximum Gasteiger partial charge on any atom is 0.416 e. The number of benzene rings is 3. The molecule has 0 aliphatic carbocycles. The van der Waals surface area contributed by atoms with Gasteiger partial charge in [-0.05, 0) is 47.9 Å². The Kier molecular flexibility index (Phi) is 8.38. The molecule has 36 heavy (non-hydrogen) atoms. The maximum atomic E-state index is 14.1. The number of alkyl halides is 3. The average molecular weight is 501 g/mol. The SMILES string of the molecule is COc1cc(C(c2ccccc2C(F)(F)F)N2CCCNCC2)cc(OC)c1OCc1ccccc1. The summed E-state index contributed by atoms with van der Waals surface area (Å²) in [7, 11) is 3.03. The molecule has 1 aliphatic heterocycles. The van der Waals surface area contributed by atoms with Crippen LogP contribution in [0.1, 0.15) is 34.7 Å². The van der Waals surface area contributed by atoms with Crippen molar-refractivity contribution >= 4 is 0 Å². The molecule has 1 aliphatic rings. The van der Waals surface area contributed by atoms with E-state index in [0.717, 1.165) is 24.6 Å². The van der Waals surface area contributed by atoms with Gasteiger partial charge < -0.3 is 19.5 Å². The second-order valence-electron chi connectivity index (χ2n) is 8.66. The average Bonchev–Trinajstić information content (AvgIpc) is 3.17. The Morgan fingerprint density at radius 1 is 0.889 bits per heavy atom. The van der Waals surface area contributed by atoms with Crippen molar-refractivity contribution in [2.75, 3.05) is 40.4 Å². The summed E-state index contributed by atoms with van der Waals surface area (Å²) in [5.74, 6) is 1.22. The monoisotopic (exact) mass is 500 g/mol. The van der Waals surface area contributed by atoms with Gasteiger partial charge in [-0.3, -0.25) is 4.90 Å². The first-order valence-electron chi connectivity index (χ1n) is 12.0. The van der Waals surface area contributed by atoms with Crippen molar-refractivity contribution in [3.05, 3.63) is 89.0 Å². The number of ether oxygens (including phenoxy) is 3. The summed E-state index contributed by atoms with van der Waals surface area (Å²) in [6.45, 7) is 3.07. The topological polar surface area (TPSA) is 43.0 Å². The fraction of sp³-hybridized carbons (Fsp3) is 0.357. The van der Waals surface area contributed by atoms with Crippen molar-refractivity contribution in [1.29, 1.82) is 0 Å². The Balaban J connectivity index is 1.80. The van der Waals surface area contributed by atoms with E-state index in [-0.39, 0.29) is 5.56 Å². The molecule has 3 aromatic carbocycles. The van der Waals surface area contributed by atoms with E-state index in [9.17, 15) is 13.2 Å². The minimum absolute atomic E-state index is 0.203. The summed E-state index contributed by atoms with van der Waals surface area (Å²) >= 11 is 0. The fourth-order valence-electron chi connectivity index (χ4n) is 4.64. The van der Waals surface area contributed by atoms with Crippen molar-refractivity contribution in [2.45, 2.75) is 25.2 Å². The molecule has 0 saturated carbocycles. The lowest BCUT2D eigenvalue weighted by Gasteiger charge is -2.33. The Morgan fingerprint density at radius 2 is 1.56 bits per heavy atom. The standard InChI is InChI=1S/C28H31F3N2O3/c1-34-24-17-21(18-25(35-2)27(24)36-19-20-9-4-3-5-10-20)26(33-15-8-13-32-14-16-33)22-11-6-7-12-23(22)28(29,30)31/h3-7,9-12,17-18,26,32H,8,13-16,19H2,1-2H3.